The molecule has 1 atom stereocenters. The smallest absolute Gasteiger partial charge is 0.0694 e. The molecule has 0 aliphatic heterocycles. The van der Waals surface area contributed by atoms with Gasteiger partial charge in [0.05, 0.1) is 12.7 Å². The highest BCUT2D eigenvalue weighted by Gasteiger charge is 2.43. The Bertz CT molecular complexity index is 604. The van der Waals surface area contributed by atoms with E-state index in [1.165, 1.54) is 22.3 Å². The Morgan fingerprint density at radius 2 is 1.52 bits per heavy atom. The molecule has 108 valence electrons. The first-order valence-corrected chi connectivity index (χ1v) is 7.84. The van der Waals surface area contributed by atoms with E-state index in [0.29, 0.717) is 17.9 Å². The van der Waals surface area contributed by atoms with Gasteiger partial charge in [0, 0.05) is 18.4 Å². The van der Waals surface area contributed by atoms with Gasteiger partial charge in [-0.05, 0) is 35.7 Å². The van der Waals surface area contributed by atoms with Crippen molar-refractivity contribution in [1.82, 2.24) is 5.32 Å². The third-order valence-electron chi connectivity index (χ3n) is 4.94. The second kappa shape index (κ2) is 5.28. The molecule has 21 heavy (non-hydrogen) atoms. The molecular formula is C19H21NO. The molecule has 0 aromatic heterocycles. The Kier molecular flexibility index (Phi) is 3.28. The molecule has 2 nitrogen and oxygen atoms in total. The van der Waals surface area contributed by atoms with Crippen LogP contribution in [0.1, 0.15) is 40.5 Å². The summed E-state index contributed by atoms with van der Waals surface area (Å²) in [6.07, 6.45) is 1.43. The van der Waals surface area contributed by atoms with E-state index in [9.17, 15) is 0 Å². The van der Waals surface area contributed by atoms with Crippen LogP contribution >= 0.6 is 0 Å². The van der Waals surface area contributed by atoms with Crippen LogP contribution in [0.15, 0.2) is 48.5 Å². The predicted molar refractivity (Wildman–Crippen MR) is 84.9 cm³/mol. The van der Waals surface area contributed by atoms with Crippen LogP contribution in [0.2, 0.25) is 0 Å². The molecule has 0 saturated carbocycles. The van der Waals surface area contributed by atoms with E-state index in [0.717, 1.165) is 19.6 Å². The summed E-state index contributed by atoms with van der Waals surface area (Å²) in [5.41, 5.74) is 5.97. The van der Waals surface area contributed by atoms with Gasteiger partial charge in [-0.2, -0.15) is 0 Å². The van der Waals surface area contributed by atoms with E-state index in [2.05, 4.69) is 53.8 Å². The van der Waals surface area contributed by atoms with Crippen LogP contribution in [0.5, 0.6) is 0 Å². The second-order valence-electron chi connectivity index (χ2n) is 6.04. The Balaban J connectivity index is 1.76. The van der Waals surface area contributed by atoms with E-state index >= 15 is 0 Å². The lowest BCUT2D eigenvalue weighted by Crippen LogP contribution is -2.38. The topological polar surface area (TPSA) is 21.3 Å². The van der Waals surface area contributed by atoms with E-state index in [1.54, 1.807) is 0 Å². The van der Waals surface area contributed by atoms with Crippen molar-refractivity contribution < 1.29 is 4.74 Å². The summed E-state index contributed by atoms with van der Waals surface area (Å²) in [4.78, 5) is 0. The zero-order chi connectivity index (χ0) is 14.2. The fraction of sp³-hybridized carbons (Fsp3) is 0.368. The first-order chi connectivity index (χ1) is 10.4. The minimum atomic E-state index is 0.313. The summed E-state index contributed by atoms with van der Waals surface area (Å²) < 4.78 is 6.21. The number of ether oxygens (including phenoxy) is 1. The fourth-order valence-electron chi connectivity index (χ4n) is 4.06. The van der Waals surface area contributed by atoms with Crippen LogP contribution in [-0.2, 0) is 4.74 Å². The first-order valence-electron chi connectivity index (χ1n) is 7.84. The number of hydrogen-bond donors (Lipinski definition) is 1. The van der Waals surface area contributed by atoms with Gasteiger partial charge in [-0.3, -0.25) is 0 Å². The normalized spacial score (nSPS) is 25.5. The van der Waals surface area contributed by atoms with Gasteiger partial charge < -0.3 is 10.1 Å². The molecule has 0 amide bonds. The largest absolute Gasteiger partial charge is 0.376 e. The van der Waals surface area contributed by atoms with Gasteiger partial charge in [0.2, 0.25) is 0 Å². The monoisotopic (exact) mass is 279 g/mol. The summed E-state index contributed by atoms with van der Waals surface area (Å²) >= 11 is 0. The molecule has 5 rings (SSSR count). The third kappa shape index (κ3) is 2.02. The summed E-state index contributed by atoms with van der Waals surface area (Å²) in [5, 5.41) is 3.16. The molecule has 0 heterocycles. The van der Waals surface area contributed by atoms with Gasteiger partial charge >= 0.3 is 0 Å². The highest BCUT2D eigenvalue weighted by molar-refractivity contribution is 5.56. The average Bonchev–Trinajstić information content (AvgIpc) is 2.55. The minimum Gasteiger partial charge on any atom is -0.376 e. The molecule has 2 heteroatoms. The molecule has 3 aliphatic rings. The Hall–Kier alpha value is -1.64. The highest BCUT2D eigenvalue weighted by atomic mass is 16.5. The standard InChI is InChI=1S/C19H21NO/c1-20-10-11-21-18-12-17-13-6-2-4-8-15(13)19(18)16-9-5-3-7-14(16)17/h2-9,17-20H,10-12H2,1H3/t17?,18-,19?/m1/s1. The van der Waals surface area contributed by atoms with Crippen LogP contribution < -0.4 is 5.32 Å². The van der Waals surface area contributed by atoms with Gasteiger partial charge in [-0.15, -0.1) is 0 Å². The Labute approximate surface area is 126 Å². The van der Waals surface area contributed by atoms with Crippen LogP contribution in [0, 0.1) is 0 Å². The fourth-order valence-corrected chi connectivity index (χ4v) is 4.06. The third-order valence-corrected chi connectivity index (χ3v) is 4.94. The molecule has 0 fully saturated rings. The van der Waals surface area contributed by atoms with Gasteiger partial charge in [0.25, 0.3) is 0 Å². The Morgan fingerprint density at radius 1 is 0.952 bits per heavy atom. The Morgan fingerprint density at radius 3 is 2.10 bits per heavy atom. The summed E-state index contributed by atoms with van der Waals surface area (Å²) in [5.74, 6) is 0.904. The zero-order valence-corrected chi connectivity index (χ0v) is 12.4. The van der Waals surface area contributed by atoms with Crippen molar-refractivity contribution in [1.29, 1.82) is 0 Å². The van der Waals surface area contributed by atoms with Crippen molar-refractivity contribution in [3.63, 3.8) is 0 Å². The van der Waals surface area contributed by atoms with Crippen molar-refractivity contribution in [3.05, 3.63) is 70.8 Å². The quantitative estimate of drug-likeness (QED) is 0.867. The van der Waals surface area contributed by atoms with E-state index in [4.69, 9.17) is 4.74 Å². The molecule has 0 unspecified atom stereocenters. The number of benzene rings is 2. The summed E-state index contributed by atoms with van der Waals surface area (Å²) in [7, 11) is 1.97. The van der Waals surface area contributed by atoms with Crippen molar-refractivity contribution in [2.75, 3.05) is 20.2 Å². The summed E-state index contributed by atoms with van der Waals surface area (Å²) in [6.45, 7) is 1.70. The molecular weight excluding hydrogens is 258 g/mol. The number of rotatable bonds is 4. The number of nitrogens with one attached hydrogen (secondary N) is 1. The van der Waals surface area contributed by atoms with Crippen LogP contribution in [0.25, 0.3) is 0 Å². The van der Waals surface area contributed by atoms with Crippen LogP contribution in [-0.4, -0.2) is 26.3 Å². The van der Waals surface area contributed by atoms with Gasteiger partial charge in [-0.1, -0.05) is 48.5 Å². The molecule has 2 aromatic carbocycles. The van der Waals surface area contributed by atoms with E-state index < -0.39 is 0 Å². The number of fused-ring (bicyclic) bond motifs is 1. The molecule has 2 aromatic rings. The number of likely N-dealkylation sites (N-methyl/N-ethyl adjacent to an activating group) is 1. The van der Waals surface area contributed by atoms with Crippen LogP contribution in [0.4, 0.5) is 0 Å². The van der Waals surface area contributed by atoms with Crippen LogP contribution in [0.3, 0.4) is 0 Å². The van der Waals surface area contributed by atoms with Crippen molar-refractivity contribution in [3.8, 4) is 0 Å². The maximum atomic E-state index is 6.21. The lowest BCUT2D eigenvalue weighted by Gasteiger charge is -2.45. The lowest BCUT2D eigenvalue weighted by molar-refractivity contribution is 0.0260. The maximum Gasteiger partial charge on any atom is 0.0694 e. The molecule has 0 radical (unpaired) electrons. The van der Waals surface area contributed by atoms with Crippen molar-refractivity contribution >= 4 is 0 Å². The van der Waals surface area contributed by atoms with Gasteiger partial charge in [0.1, 0.15) is 0 Å². The summed E-state index contributed by atoms with van der Waals surface area (Å²) in [6, 6.07) is 17.8. The predicted octanol–water partition coefficient (Wildman–Crippen LogP) is 3.27. The highest BCUT2D eigenvalue weighted by Crippen LogP contribution is 2.53. The lowest BCUT2D eigenvalue weighted by atomic mass is 9.62. The first kappa shape index (κ1) is 13.1. The maximum absolute atomic E-state index is 6.21. The molecule has 0 spiro atoms. The van der Waals surface area contributed by atoms with E-state index in [-0.39, 0.29) is 0 Å². The van der Waals surface area contributed by atoms with Crippen molar-refractivity contribution in [2.24, 2.45) is 0 Å². The van der Waals surface area contributed by atoms with Gasteiger partial charge in [-0.25, -0.2) is 0 Å². The molecule has 2 bridgehead atoms. The minimum absolute atomic E-state index is 0.313. The molecule has 1 N–H and O–H groups in total. The second-order valence-corrected chi connectivity index (χ2v) is 6.04. The van der Waals surface area contributed by atoms with Gasteiger partial charge in [0.15, 0.2) is 0 Å². The average molecular weight is 279 g/mol. The van der Waals surface area contributed by atoms with Crippen molar-refractivity contribution in [2.45, 2.75) is 24.4 Å². The van der Waals surface area contributed by atoms with E-state index in [1.807, 2.05) is 7.05 Å². The number of hydrogen-bond acceptors (Lipinski definition) is 2. The molecule has 3 aliphatic carbocycles. The molecule has 0 saturated heterocycles. The zero-order valence-electron chi connectivity index (χ0n) is 12.4. The SMILES string of the molecule is CNCCO[C@@H]1CC2c3ccccc3C1c1ccccc12.